The molecule has 0 aromatic heterocycles. The van der Waals surface area contributed by atoms with Crippen LogP contribution in [-0.2, 0) is 4.79 Å². The van der Waals surface area contributed by atoms with Crippen molar-refractivity contribution in [1.82, 2.24) is 0 Å². The highest BCUT2D eigenvalue weighted by Crippen LogP contribution is 1.96. The molecule has 0 aliphatic carbocycles. The monoisotopic (exact) mass is 150 g/mol. The van der Waals surface area contributed by atoms with E-state index in [2.05, 4.69) is 0 Å². The highest BCUT2D eigenvalue weighted by atomic mass is 32.2. The quantitative estimate of drug-likeness (QED) is 0.449. The molecule has 0 fully saturated rings. The summed E-state index contributed by atoms with van der Waals surface area (Å²) in [7, 11) is 0. The fourth-order valence-corrected chi connectivity index (χ4v) is 0.799. The maximum atomic E-state index is 10.0. The number of aliphatic carboxylic acids is 1. The third-order valence-corrected chi connectivity index (χ3v) is 1.56. The normalized spacial score (nSPS) is 13.1. The zero-order valence-corrected chi connectivity index (χ0v) is 5.73. The molecule has 0 saturated heterocycles. The molecule has 0 unspecified atom stereocenters. The van der Waals surface area contributed by atoms with Crippen LogP contribution in [0.4, 0.5) is 0 Å². The second-order valence-electron chi connectivity index (χ2n) is 1.48. The van der Waals surface area contributed by atoms with Crippen molar-refractivity contribution in [2.24, 2.45) is 11.5 Å². The Labute approximate surface area is 57.6 Å². The SMILES string of the molecule is NCSC[C@H](N)C(=O)O. The van der Waals surface area contributed by atoms with Crippen LogP contribution in [-0.4, -0.2) is 28.7 Å². The van der Waals surface area contributed by atoms with Crippen molar-refractivity contribution >= 4 is 17.7 Å². The number of carbonyl (C=O) groups is 1. The van der Waals surface area contributed by atoms with Crippen molar-refractivity contribution in [1.29, 1.82) is 0 Å². The van der Waals surface area contributed by atoms with Gasteiger partial charge in [0.05, 0.1) is 0 Å². The third kappa shape index (κ3) is 4.26. The lowest BCUT2D eigenvalue weighted by Crippen LogP contribution is -2.32. The van der Waals surface area contributed by atoms with Crippen molar-refractivity contribution in [3.63, 3.8) is 0 Å². The first-order valence-corrected chi connectivity index (χ1v) is 3.60. The lowest BCUT2D eigenvalue weighted by Gasteiger charge is -2.02. The third-order valence-electron chi connectivity index (χ3n) is 0.732. The van der Waals surface area contributed by atoms with Gasteiger partial charge in [0.2, 0.25) is 0 Å². The summed E-state index contributed by atoms with van der Waals surface area (Å²) in [5, 5.41) is 8.23. The number of carboxylic acid groups (broad SMARTS) is 1. The van der Waals surface area contributed by atoms with Crippen LogP contribution in [0.15, 0.2) is 0 Å². The molecule has 5 heteroatoms. The average Bonchev–Trinajstić information content (AvgIpc) is 1.82. The molecule has 0 aliphatic heterocycles. The van der Waals surface area contributed by atoms with Crippen LogP contribution < -0.4 is 11.5 Å². The first kappa shape index (κ1) is 8.74. The Hall–Kier alpha value is -0.260. The van der Waals surface area contributed by atoms with Crippen molar-refractivity contribution < 1.29 is 9.90 Å². The number of nitrogens with two attached hydrogens (primary N) is 2. The van der Waals surface area contributed by atoms with E-state index >= 15 is 0 Å². The van der Waals surface area contributed by atoms with Gasteiger partial charge in [0.25, 0.3) is 0 Å². The molecular weight excluding hydrogens is 140 g/mol. The summed E-state index contributed by atoms with van der Waals surface area (Å²) < 4.78 is 0. The molecule has 0 bridgehead atoms. The van der Waals surface area contributed by atoms with Gasteiger partial charge in [-0.15, -0.1) is 11.8 Å². The molecule has 0 saturated carbocycles. The molecule has 5 N–H and O–H groups in total. The van der Waals surface area contributed by atoms with Crippen LogP contribution in [0.25, 0.3) is 0 Å². The predicted molar refractivity (Wildman–Crippen MR) is 37.1 cm³/mol. The van der Waals surface area contributed by atoms with Crippen LogP contribution in [0, 0.1) is 0 Å². The van der Waals surface area contributed by atoms with E-state index in [0.29, 0.717) is 11.6 Å². The summed E-state index contributed by atoms with van der Waals surface area (Å²) >= 11 is 1.32. The molecule has 0 radical (unpaired) electrons. The van der Waals surface area contributed by atoms with E-state index in [-0.39, 0.29) is 0 Å². The molecule has 0 spiro atoms. The number of thioether (sulfide) groups is 1. The molecule has 54 valence electrons. The van der Waals surface area contributed by atoms with Crippen LogP contribution in [0.3, 0.4) is 0 Å². The van der Waals surface area contributed by atoms with Crippen LogP contribution in [0.2, 0.25) is 0 Å². The minimum absolute atomic E-state index is 0.381. The molecule has 0 heterocycles. The van der Waals surface area contributed by atoms with Gasteiger partial charge in [-0.1, -0.05) is 0 Å². The minimum atomic E-state index is -0.976. The Morgan fingerprint density at radius 1 is 1.78 bits per heavy atom. The van der Waals surface area contributed by atoms with Gasteiger partial charge < -0.3 is 16.6 Å². The molecule has 9 heavy (non-hydrogen) atoms. The molecule has 0 rings (SSSR count). The van der Waals surface area contributed by atoms with Crippen molar-refractivity contribution in [2.45, 2.75) is 6.04 Å². The summed E-state index contributed by atoms with van der Waals surface area (Å²) in [4.78, 5) is 10.0. The second-order valence-corrected chi connectivity index (χ2v) is 2.56. The maximum Gasteiger partial charge on any atom is 0.321 e. The van der Waals surface area contributed by atoms with Crippen molar-refractivity contribution in [3.8, 4) is 0 Å². The Morgan fingerprint density at radius 2 is 2.33 bits per heavy atom. The smallest absolute Gasteiger partial charge is 0.321 e. The van der Waals surface area contributed by atoms with E-state index in [9.17, 15) is 4.79 Å². The summed E-state index contributed by atoms with van der Waals surface area (Å²) in [5.74, 6) is -0.178. The molecule has 0 aliphatic rings. The minimum Gasteiger partial charge on any atom is -0.480 e. The predicted octanol–water partition coefficient (Wildman–Crippen LogP) is -0.952. The molecule has 0 amide bonds. The fraction of sp³-hybridized carbons (Fsp3) is 0.750. The van der Waals surface area contributed by atoms with Gasteiger partial charge in [-0.3, -0.25) is 4.79 Å². The van der Waals surface area contributed by atoms with Gasteiger partial charge in [0.1, 0.15) is 6.04 Å². The highest BCUT2D eigenvalue weighted by molar-refractivity contribution is 7.99. The second kappa shape index (κ2) is 4.60. The summed E-state index contributed by atoms with van der Waals surface area (Å²) in [5.41, 5.74) is 10.2. The maximum absolute atomic E-state index is 10.0. The van der Waals surface area contributed by atoms with E-state index in [0.717, 1.165) is 0 Å². The Balaban J connectivity index is 3.27. The van der Waals surface area contributed by atoms with Crippen molar-refractivity contribution in [3.05, 3.63) is 0 Å². The molecule has 0 aromatic carbocycles. The lowest BCUT2D eigenvalue weighted by atomic mass is 10.4. The standard InChI is InChI=1S/C4H10N2O2S/c5-2-9-1-3(6)4(7)8/h3H,1-2,5-6H2,(H,7,8)/t3-/m0/s1. The molecular formula is C4H10N2O2S. The van der Waals surface area contributed by atoms with E-state index in [1.165, 1.54) is 11.8 Å². The van der Waals surface area contributed by atoms with Gasteiger partial charge in [0, 0.05) is 11.6 Å². The summed E-state index contributed by atoms with van der Waals surface area (Å²) in [6.45, 7) is 0. The van der Waals surface area contributed by atoms with Gasteiger partial charge in [-0.05, 0) is 0 Å². The van der Waals surface area contributed by atoms with E-state index in [1.807, 2.05) is 0 Å². The largest absolute Gasteiger partial charge is 0.480 e. The average molecular weight is 150 g/mol. The first-order chi connectivity index (χ1) is 4.18. The number of rotatable bonds is 4. The van der Waals surface area contributed by atoms with Gasteiger partial charge in [-0.2, -0.15) is 0 Å². The van der Waals surface area contributed by atoms with E-state index in [1.54, 1.807) is 0 Å². The Kier molecular flexibility index (Phi) is 4.47. The molecule has 4 nitrogen and oxygen atoms in total. The lowest BCUT2D eigenvalue weighted by molar-refractivity contribution is -0.137. The first-order valence-electron chi connectivity index (χ1n) is 2.44. The topological polar surface area (TPSA) is 89.3 Å². The fourth-order valence-electron chi connectivity index (χ4n) is 0.266. The van der Waals surface area contributed by atoms with Crippen LogP contribution in [0.1, 0.15) is 0 Å². The van der Waals surface area contributed by atoms with Gasteiger partial charge >= 0.3 is 5.97 Å². The van der Waals surface area contributed by atoms with E-state index in [4.69, 9.17) is 16.6 Å². The van der Waals surface area contributed by atoms with Gasteiger partial charge in [0.15, 0.2) is 0 Å². The number of hydrogen-bond acceptors (Lipinski definition) is 4. The Bertz CT molecular complexity index is 98.6. The summed E-state index contributed by atoms with van der Waals surface area (Å²) in [6, 6.07) is -0.779. The highest BCUT2D eigenvalue weighted by Gasteiger charge is 2.09. The van der Waals surface area contributed by atoms with Gasteiger partial charge in [-0.25, -0.2) is 0 Å². The van der Waals surface area contributed by atoms with Crippen LogP contribution in [0.5, 0.6) is 0 Å². The number of carboxylic acids is 1. The zero-order valence-electron chi connectivity index (χ0n) is 4.91. The number of hydrogen-bond donors (Lipinski definition) is 3. The zero-order chi connectivity index (χ0) is 7.28. The summed E-state index contributed by atoms with van der Waals surface area (Å²) in [6.07, 6.45) is 0. The van der Waals surface area contributed by atoms with E-state index < -0.39 is 12.0 Å². The molecule has 1 atom stereocenters. The molecule has 0 aromatic rings. The van der Waals surface area contributed by atoms with Crippen LogP contribution >= 0.6 is 11.8 Å². The van der Waals surface area contributed by atoms with Crippen molar-refractivity contribution in [2.75, 3.05) is 11.6 Å². The Morgan fingerprint density at radius 3 is 2.67 bits per heavy atom.